The van der Waals surface area contributed by atoms with Crippen molar-refractivity contribution in [3.05, 3.63) is 90.0 Å². The second-order valence-corrected chi connectivity index (χ2v) is 11.1. The van der Waals surface area contributed by atoms with Crippen molar-refractivity contribution >= 4 is 25.4 Å². The molecular formula is C28H37N2O4PS. The fraction of sp³-hybridized carbons (Fsp3) is 0.357. The summed E-state index contributed by atoms with van der Waals surface area (Å²) < 4.78 is 31.1. The average Bonchev–Trinajstić information content (AvgIpc) is 2.89. The van der Waals surface area contributed by atoms with Crippen molar-refractivity contribution in [1.82, 2.24) is 4.90 Å². The highest BCUT2D eigenvalue weighted by Crippen LogP contribution is 2.30. The molecule has 0 saturated carbocycles. The van der Waals surface area contributed by atoms with E-state index in [1.165, 1.54) is 0 Å². The number of aliphatic hydroxyl groups is 1. The Kier molecular flexibility index (Phi) is 9.53. The van der Waals surface area contributed by atoms with E-state index in [9.17, 15) is 13.5 Å². The number of benzene rings is 3. The van der Waals surface area contributed by atoms with Crippen LogP contribution in [0.1, 0.15) is 25.0 Å². The maximum absolute atomic E-state index is 12.8. The van der Waals surface area contributed by atoms with Crippen LogP contribution in [0.25, 0.3) is 0 Å². The standard InChI is InChI=1S/C28H34N2O4S.H3P/c1-3-34-26-10-7-11-27(22-26)35(32,33)21-20-29-16-18-30(19-17-29)25-14-12-24(13-15-25)28(2,31)23-8-5-4-6-9-23;/h4-15,22,31H,3,16-21H2,1-2H3;1H3. The first-order valence-corrected chi connectivity index (χ1v) is 13.8. The lowest BCUT2D eigenvalue weighted by molar-refractivity contribution is 0.102. The molecule has 3 aromatic carbocycles. The Morgan fingerprint density at radius 3 is 2.17 bits per heavy atom. The molecule has 2 unspecified atom stereocenters. The molecule has 194 valence electrons. The lowest BCUT2D eigenvalue weighted by atomic mass is 9.88. The first kappa shape index (κ1) is 28.1. The van der Waals surface area contributed by atoms with Crippen LogP contribution < -0.4 is 9.64 Å². The molecule has 0 spiro atoms. The molecule has 1 fully saturated rings. The van der Waals surface area contributed by atoms with Crippen LogP contribution in [0, 0.1) is 0 Å². The van der Waals surface area contributed by atoms with Crippen molar-refractivity contribution in [2.75, 3.05) is 50.0 Å². The van der Waals surface area contributed by atoms with Crippen molar-refractivity contribution in [3.8, 4) is 5.75 Å². The van der Waals surface area contributed by atoms with Gasteiger partial charge in [0.05, 0.1) is 17.3 Å². The SMILES string of the molecule is CCOc1cccc(S(=O)(=O)CCN2CCN(c3ccc(C(C)(O)c4ccccc4)cc3)CC2)c1.P. The fourth-order valence-electron chi connectivity index (χ4n) is 4.45. The summed E-state index contributed by atoms with van der Waals surface area (Å²) >= 11 is 0. The van der Waals surface area contributed by atoms with Crippen LogP contribution in [0.2, 0.25) is 0 Å². The van der Waals surface area contributed by atoms with Crippen LogP contribution in [0.4, 0.5) is 5.69 Å². The van der Waals surface area contributed by atoms with Gasteiger partial charge in [0.1, 0.15) is 11.4 Å². The van der Waals surface area contributed by atoms with Gasteiger partial charge in [-0.3, -0.25) is 4.90 Å². The number of rotatable bonds is 9. The molecule has 1 aliphatic heterocycles. The molecular weight excluding hydrogens is 491 g/mol. The zero-order valence-electron chi connectivity index (χ0n) is 21.1. The number of hydrogen-bond acceptors (Lipinski definition) is 6. The van der Waals surface area contributed by atoms with Crippen LogP contribution in [0.5, 0.6) is 5.75 Å². The first-order valence-electron chi connectivity index (χ1n) is 12.1. The highest BCUT2D eigenvalue weighted by Gasteiger charge is 2.26. The Morgan fingerprint density at radius 2 is 1.53 bits per heavy atom. The van der Waals surface area contributed by atoms with E-state index in [1.807, 2.05) is 56.3 Å². The third-order valence-corrected chi connectivity index (χ3v) is 8.35. The molecule has 6 nitrogen and oxygen atoms in total. The van der Waals surface area contributed by atoms with Crippen molar-refractivity contribution in [1.29, 1.82) is 0 Å². The highest BCUT2D eigenvalue weighted by molar-refractivity contribution is 7.91. The maximum atomic E-state index is 12.8. The molecule has 8 heteroatoms. The van der Waals surface area contributed by atoms with E-state index in [4.69, 9.17) is 4.74 Å². The summed E-state index contributed by atoms with van der Waals surface area (Å²) in [6.45, 7) is 7.97. The van der Waals surface area contributed by atoms with Gasteiger partial charge in [-0.2, -0.15) is 9.90 Å². The van der Waals surface area contributed by atoms with Crippen molar-refractivity contribution in [2.24, 2.45) is 0 Å². The zero-order valence-corrected chi connectivity index (χ0v) is 23.4. The van der Waals surface area contributed by atoms with Gasteiger partial charge in [-0.25, -0.2) is 8.42 Å². The fourth-order valence-corrected chi connectivity index (χ4v) is 5.76. The highest BCUT2D eigenvalue weighted by atomic mass is 32.2. The molecule has 2 atom stereocenters. The van der Waals surface area contributed by atoms with Gasteiger partial charge in [0, 0.05) is 38.4 Å². The Balaban J connectivity index is 0.00000361. The molecule has 0 bridgehead atoms. The largest absolute Gasteiger partial charge is 0.494 e. The summed E-state index contributed by atoms with van der Waals surface area (Å²) in [5, 5.41) is 11.1. The summed E-state index contributed by atoms with van der Waals surface area (Å²) in [6, 6.07) is 24.5. The van der Waals surface area contributed by atoms with E-state index >= 15 is 0 Å². The van der Waals surface area contributed by atoms with Gasteiger partial charge in [0.2, 0.25) is 0 Å². The van der Waals surface area contributed by atoms with E-state index in [1.54, 1.807) is 24.3 Å². The summed E-state index contributed by atoms with van der Waals surface area (Å²) in [6.07, 6.45) is 0. The van der Waals surface area contributed by atoms with Crippen LogP contribution in [0.15, 0.2) is 83.8 Å². The molecule has 1 saturated heterocycles. The predicted molar refractivity (Wildman–Crippen MR) is 151 cm³/mol. The predicted octanol–water partition coefficient (Wildman–Crippen LogP) is 4.00. The normalized spacial score (nSPS) is 16.1. The lowest BCUT2D eigenvalue weighted by Gasteiger charge is -2.36. The number of ether oxygens (including phenoxy) is 1. The van der Waals surface area contributed by atoms with Gasteiger partial charge >= 0.3 is 0 Å². The number of anilines is 1. The topological polar surface area (TPSA) is 70.1 Å². The summed E-state index contributed by atoms with van der Waals surface area (Å²) in [7, 11) is -3.37. The number of sulfone groups is 1. The Bertz CT molecular complexity index is 1210. The number of piperazine rings is 1. The van der Waals surface area contributed by atoms with E-state index < -0.39 is 15.4 Å². The molecule has 0 aliphatic carbocycles. The average molecular weight is 529 g/mol. The Labute approximate surface area is 218 Å². The molecule has 1 N–H and O–H groups in total. The molecule has 0 radical (unpaired) electrons. The summed E-state index contributed by atoms with van der Waals surface area (Å²) in [4.78, 5) is 4.82. The zero-order chi connectivity index (χ0) is 24.9. The van der Waals surface area contributed by atoms with E-state index in [2.05, 4.69) is 21.9 Å². The third-order valence-electron chi connectivity index (χ3n) is 6.65. The minimum atomic E-state index is -3.37. The van der Waals surface area contributed by atoms with Gasteiger partial charge in [-0.1, -0.05) is 48.5 Å². The minimum absolute atomic E-state index is 0. The molecule has 0 aromatic heterocycles. The van der Waals surface area contributed by atoms with Crippen molar-refractivity contribution < 1.29 is 18.3 Å². The van der Waals surface area contributed by atoms with Crippen molar-refractivity contribution in [3.63, 3.8) is 0 Å². The minimum Gasteiger partial charge on any atom is -0.494 e. The van der Waals surface area contributed by atoms with Gasteiger partial charge in [0.25, 0.3) is 0 Å². The lowest BCUT2D eigenvalue weighted by Crippen LogP contribution is -2.47. The van der Waals surface area contributed by atoms with Crippen LogP contribution in [0.3, 0.4) is 0 Å². The quantitative estimate of drug-likeness (QED) is 0.424. The van der Waals surface area contributed by atoms with E-state index in [0.717, 1.165) is 43.0 Å². The maximum Gasteiger partial charge on any atom is 0.179 e. The number of hydrogen-bond donors (Lipinski definition) is 1. The second-order valence-electron chi connectivity index (χ2n) is 9.04. The summed E-state index contributed by atoms with van der Waals surface area (Å²) in [5.74, 6) is 0.671. The molecule has 4 rings (SSSR count). The molecule has 1 heterocycles. The molecule has 0 amide bonds. The second kappa shape index (κ2) is 12.2. The smallest absolute Gasteiger partial charge is 0.179 e. The van der Waals surface area contributed by atoms with E-state index in [-0.39, 0.29) is 15.7 Å². The van der Waals surface area contributed by atoms with Crippen molar-refractivity contribution in [2.45, 2.75) is 24.3 Å². The Hall–Kier alpha value is -2.44. The molecule has 1 aliphatic rings. The van der Waals surface area contributed by atoms with Crippen LogP contribution in [-0.2, 0) is 15.4 Å². The summed E-state index contributed by atoms with van der Waals surface area (Å²) in [5.41, 5.74) is 1.77. The van der Waals surface area contributed by atoms with Gasteiger partial charge in [0.15, 0.2) is 9.84 Å². The first-order chi connectivity index (χ1) is 16.8. The molecule has 3 aromatic rings. The number of nitrogens with zero attached hydrogens (tertiary/aromatic N) is 2. The Morgan fingerprint density at radius 1 is 0.889 bits per heavy atom. The van der Waals surface area contributed by atoms with Gasteiger partial charge in [-0.05, 0) is 55.3 Å². The van der Waals surface area contributed by atoms with Gasteiger partial charge in [-0.15, -0.1) is 0 Å². The van der Waals surface area contributed by atoms with Gasteiger partial charge < -0.3 is 14.7 Å². The van der Waals surface area contributed by atoms with E-state index in [0.29, 0.717) is 23.8 Å². The van der Waals surface area contributed by atoms with Crippen LogP contribution >= 0.6 is 9.90 Å². The third kappa shape index (κ3) is 6.65. The monoisotopic (exact) mass is 528 g/mol. The molecule has 36 heavy (non-hydrogen) atoms. The van der Waals surface area contributed by atoms with Crippen LogP contribution in [-0.4, -0.2) is 63.5 Å².